The van der Waals surface area contributed by atoms with E-state index in [0.29, 0.717) is 12.1 Å². The van der Waals surface area contributed by atoms with Crippen LogP contribution in [0.3, 0.4) is 0 Å². The molecule has 0 radical (unpaired) electrons. The third-order valence-corrected chi connectivity index (χ3v) is 2.82. The Hall–Kier alpha value is -1.38. The highest BCUT2D eigenvalue weighted by Gasteiger charge is 2.18. The fraction of sp³-hybridized carbons (Fsp3) is 0.538. The predicted molar refractivity (Wildman–Crippen MR) is 61.9 cm³/mol. The van der Waals surface area contributed by atoms with E-state index >= 15 is 0 Å². The zero-order valence-electron chi connectivity index (χ0n) is 9.66. The first-order valence-corrected chi connectivity index (χ1v) is 5.96. The molecule has 0 saturated carbocycles. The summed E-state index contributed by atoms with van der Waals surface area (Å²) in [5, 5.41) is 0. The molecule has 0 aromatic carbocycles. The van der Waals surface area contributed by atoms with Crippen molar-refractivity contribution >= 4 is 5.78 Å². The van der Waals surface area contributed by atoms with Crippen LogP contribution in [-0.4, -0.2) is 17.4 Å². The van der Waals surface area contributed by atoms with Crippen LogP contribution in [0.1, 0.15) is 48.7 Å². The molecule has 0 N–H and O–H groups in total. The molecule has 1 aromatic rings. The minimum absolute atomic E-state index is 0.168. The first-order chi connectivity index (χ1) is 7.81. The Morgan fingerprint density at radius 1 is 1.44 bits per heavy atom. The molecule has 1 aliphatic rings. The largest absolute Gasteiger partial charge is 0.492 e. The van der Waals surface area contributed by atoms with Crippen LogP contribution in [-0.2, 0) is 6.42 Å². The Balaban J connectivity index is 2.09. The molecule has 0 saturated heterocycles. The second kappa shape index (κ2) is 5.10. The van der Waals surface area contributed by atoms with Crippen LogP contribution in [0.2, 0.25) is 0 Å². The first-order valence-electron chi connectivity index (χ1n) is 5.96. The summed E-state index contributed by atoms with van der Waals surface area (Å²) < 4.78 is 5.57. The summed E-state index contributed by atoms with van der Waals surface area (Å²) in [4.78, 5) is 15.8. The van der Waals surface area contributed by atoms with Crippen molar-refractivity contribution in [2.45, 2.75) is 39.0 Å². The van der Waals surface area contributed by atoms with Gasteiger partial charge in [-0.25, -0.2) is 4.98 Å². The lowest BCUT2D eigenvalue weighted by molar-refractivity contribution is 0.0967. The Morgan fingerprint density at radius 3 is 3.12 bits per heavy atom. The number of aryl methyl sites for hydroxylation is 1. The van der Waals surface area contributed by atoms with E-state index in [1.165, 1.54) is 0 Å². The molecule has 3 nitrogen and oxygen atoms in total. The van der Waals surface area contributed by atoms with E-state index in [-0.39, 0.29) is 5.78 Å². The number of ketones is 1. The normalized spacial score (nSPS) is 14.7. The number of aromatic nitrogens is 1. The summed E-state index contributed by atoms with van der Waals surface area (Å²) in [6, 6.07) is 1.97. The SMILES string of the molecule is CCCCOc1cnc2c(c1)CCCC2=O. The van der Waals surface area contributed by atoms with Gasteiger partial charge in [0.1, 0.15) is 11.4 Å². The van der Waals surface area contributed by atoms with Crippen LogP contribution in [0.5, 0.6) is 5.75 Å². The second-order valence-corrected chi connectivity index (χ2v) is 4.16. The monoisotopic (exact) mass is 219 g/mol. The Kier molecular flexibility index (Phi) is 3.54. The lowest BCUT2D eigenvalue weighted by atomic mass is 9.95. The number of rotatable bonds is 4. The fourth-order valence-corrected chi connectivity index (χ4v) is 1.90. The molecule has 0 spiro atoms. The minimum Gasteiger partial charge on any atom is -0.492 e. The van der Waals surface area contributed by atoms with E-state index in [0.717, 1.165) is 43.6 Å². The molecule has 2 rings (SSSR count). The second-order valence-electron chi connectivity index (χ2n) is 4.16. The number of hydrogen-bond acceptors (Lipinski definition) is 3. The molecule has 0 amide bonds. The number of hydrogen-bond donors (Lipinski definition) is 0. The summed E-state index contributed by atoms with van der Waals surface area (Å²) in [6.45, 7) is 2.86. The van der Waals surface area contributed by atoms with Crippen LogP contribution in [0.4, 0.5) is 0 Å². The number of Topliss-reactive ketones (excluding diaryl/α,β-unsaturated/α-hetero) is 1. The number of ether oxygens (including phenoxy) is 1. The third kappa shape index (κ3) is 2.40. The summed E-state index contributed by atoms with van der Waals surface area (Å²) >= 11 is 0. The van der Waals surface area contributed by atoms with Gasteiger partial charge in [0.25, 0.3) is 0 Å². The van der Waals surface area contributed by atoms with Crippen molar-refractivity contribution in [2.24, 2.45) is 0 Å². The van der Waals surface area contributed by atoms with Crippen molar-refractivity contribution in [3.8, 4) is 5.75 Å². The van der Waals surface area contributed by atoms with Gasteiger partial charge in [-0.1, -0.05) is 13.3 Å². The molecule has 1 aliphatic carbocycles. The molecule has 0 atom stereocenters. The van der Waals surface area contributed by atoms with Crippen molar-refractivity contribution in [1.82, 2.24) is 4.98 Å². The Labute approximate surface area is 95.8 Å². The van der Waals surface area contributed by atoms with Gasteiger partial charge in [0.2, 0.25) is 0 Å². The zero-order chi connectivity index (χ0) is 11.4. The van der Waals surface area contributed by atoms with Crippen molar-refractivity contribution in [3.63, 3.8) is 0 Å². The summed E-state index contributed by atoms with van der Waals surface area (Å²) in [5.74, 6) is 0.961. The molecule has 1 heterocycles. The maximum atomic E-state index is 11.6. The van der Waals surface area contributed by atoms with Crippen LogP contribution >= 0.6 is 0 Å². The van der Waals surface area contributed by atoms with Gasteiger partial charge in [-0.15, -0.1) is 0 Å². The zero-order valence-corrected chi connectivity index (χ0v) is 9.66. The number of nitrogens with zero attached hydrogens (tertiary/aromatic N) is 1. The number of carbonyl (C=O) groups excluding carboxylic acids is 1. The molecule has 0 bridgehead atoms. The van der Waals surface area contributed by atoms with E-state index in [1.807, 2.05) is 6.07 Å². The van der Waals surface area contributed by atoms with Crippen LogP contribution in [0.25, 0.3) is 0 Å². The third-order valence-electron chi connectivity index (χ3n) is 2.82. The maximum absolute atomic E-state index is 11.6. The van der Waals surface area contributed by atoms with E-state index < -0.39 is 0 Å². The molecular formula is C13H17NO2. The lowest BCUT2D eigenvalue weighted by Crippen LogP contribution is -2.13. The van der Waals surface area contributed by atoms with Crippen LogP contribution < -0.4 is 4.74 Å². The molecule has 86 valence electrons. The van der Waals surface area contributed by atoms with Crippen molar-refractivity contribution < 1.29 is 9.53 Å². The lowest BCUT2D eigenvalue weighted by Gasteiger charge is -2.14. The summed E-state index contributed by atoms with van der Waals surface area (Å²) in [6.07, 6.45) is 6.35. The van der Waals surface area contributed by atoms with Gasteiger partial charge in [0.15, 0.2) is 5.78 Å². The molecule has 1 aromatic heterocycles. The van der Waals surface area contributed by atoms with Gasteiger partial charge in [-0.05, 0) is 30.9 Å². The summed E-state index contributed by atoms with van der Waals surface area (Å²) in [7, 11) is 0. The van der Waals surface area contributed by atoms with E-state index in [1.54, 1.807) is 6.20 Å². The van der Waals surface area contributed by atoms with Crippen molar-refractivity contribution in [2.75, 3.05) is 6.61 Å². The maximum Gasteiger partial charge on any atom is 0.181 e. The molecule has 0 aliphatic heterocycles. The van der Waals surface area contributed by atoms with Gasteiger partial charge in [0.05, 0.1) is 12.8 Å². The van der Waals surface area contributed by atoms with E-state index in [2.05, 4.69) is 11.9 Å². The molecular weight excluding hydrogens is 202 g/mol. The van der Waals surface area contributed by atoms with E-state index in [9.17, 15) is 4.79 Å². The molecule has 16 heavy (non-hydrogen) atoms. The first kappa shape index (κ1) is 11.1. The number of carbonyl (C=O) groups is 1. The fourth-order valence-electron chi connectivity index (χ4n) is 1.90. The smallest absolute Gasteiger partial charge is 0.181 e. The van der Waals surface area contributed by atoms with Crippen molar-refractivity contribution in [1.29, 1.82) is 0 Å². The average molecular weight is 219 g/mol. The minimum atomic E-state index is 0.168. The Morgan fingerprint density at radius 2 is 2.31 bits per heavy atom. The van der Waals surface area contributed by atoms with Crippen molar-refractivity contribution in [3.05, 3.63) is 23.5 Å². The van der Waals surface area contributed by atoms with Gasteiger partial charge >= 0.3 is 0 Å². The van der Waals surface area contributed by atoms with Gasteiger partial charge in [0, 0.05) is 6.42 Å². The molecule has 0 fully saturated rings. The predicted octanol–water partition coefficient (Wildman–Crippen LogP) is 2.78. The van der Waals surface area contributed by atoms with Crippen LogP contribution in [0.15, 0.2) is 12.3 Å². The number of fused-ring (bicyclic) bond motifs is 1. The van der Waals surface area contributed by atoms with Gasteiger partial charge in [-0.2, -0.15) is 0 Å². The van der Waals surface area contributed by atoms with Gasteiger partial charge < -0.3 is 4.74 Å². The topological polar surface area (TPSA) is 39.2 Å². The highest BCUT2D eigenvalue weighted by molar-refractivity contribution is 5.96. The molecule has 3 heteroatoms. The standard InChI is InChI=1S/C13H17NO2/c1-2-3-7-16-11-8-10-5-4-6-12(15)13(10)14-9-11/h8-9H,2-7H2,1H3. The quantitative estimate of drug-likeness (QED) is 0.731. The Bertz CT molecular complexity index is 388. The number of pyridine rings is 1. The number of unbranched alkanes of at least 4 members (excludes halogenated alkanes) is 1. The highest BCUT2D eigenvalue weighted by Crippen LogP contribution is 2.23. The average Bonchev–Trinajstić information content (AvgIpc) is 2.30. The summed E-state index contributed by atoms with van der Waals surface area (Å²) in [5.41, 5.74) is 1.69. The highest BCUT2D eigenvalue weighted by atomic mass is 16.5. The van der Waals surface area contributed by atoms with Crippen LogP contribution in [0, 0.1) is 0 Å². The van der Waals surface area contributed by atoms with E-state index in [4.69, 9.17) is 4.74 Å². The molecule has 0 unspecified atom stereocenters. The van der Waals surface area contributed by atoms with Gasteiger partial charge in [-0.3, -0.25) is 4.79 Å².